The maximum atomic E-state index is 12.3. The number of hydrogen-bond acceptors (Lipinski definition) is 4. The molecule has 1 aromatic heterocycles. The van der Waals surface area contributed by atoms with Crippen molar-refractivity contribution in [3.63, 3.8) is 0 Å². The molecule has 5 heteroatoms. The average molecular weight is 338 g/mol. The highest BCUT2D eigenvalue weighted by Crippen LogP contribution is 2.19. The quantitative estimate of drug-likeness (QED) is 0.686. The molecule has 122 valence electrons. The third-order valence-electron chi connectivity index (χ3n) is 3.53. The number of carbonyl (C=O) groups is 1. The molecule has 0 spiro atoms. The molecule has 0 unspecified atom stereocenters. The van der Waals surface area contributed by atoms with E-state index in [1.165, 1.54) is 11.3 Å². The van der Waals surface area contributed by atoms with Crippen LogP contribution in [0.4, 0.5) is 0 Å². The SMILES string of the molecule is CC=CCOc1cccc(CNC(=O)c2ccc3ncsc3c2)c1. The number of rotatable bonds is 6. The van der Waals surface area contributed by atoms with Crippen molar-refractivity contribution in [2.45, 2.75) is 13.5 Å². The lowest BCUT2D eigenvalue weighted by Gasteiger charge is -2.08. The fraction of sp³-hybridized carbons (Fsp3) is 0.158. The third kappa shape index (κ3) is 4.00. The second-order valence-electron chi connectivity index (χ2n) is 5.24. The van der Waals surface area contributed by atoms with Crippen LogP contribution in [0, 0.1) is 0 Å². The van der Waals surface area contributed by atoms with E-state index in [2.05, 4.69) is 10.3 Å². The van der Waals surface area contributed by atoms with Crippen LogP contribution in [0.5, 0.6) is 5.75 Å². The molecule has 0 aliphatic heterocycles. The van der Waals surface area contributed by atoms with Gasteiger partial charge in [-0.2, -0.15) is 0 Å². The van der Waals surface area contributed by atoms with Gasteiger partial charge in [-0.3, -0.25) is 4.79 Å². The van der Waals surface area contributed by atoms with Crippen molar-refractivity contribution in [3.8, 4) is 5.75 Å². The highest BCUT2D eigenvalue weighted by atomic mass is 32.1. The lowest BCUT2D eigenvalue weighted by atomic mass is 10.2. The molecule has 0 saturated carbocycles. The zero-order chi connectivity index (χ0) is 16.8. The second-order valence-corrected chi connectivity index (χ2v) is 6.13. The minimum absolute atomic E-state index is 0.0921. The van der Waals surface area contributed by atoms with Gasteiger partial charge >= 0.3 is 0 Å². The minimum atomic E-state index is -0.0921. The van der Waals surface area contributed by atoms with Crippen LogP contribution >= 0.6 is 11.3 Å². The van der Waals surface area contributed by atoms with Crippen LogP contribution in [-0.4, -0.2) is 17.5 Å². The topological polar surface area (TPSA) is 51.2 Å². The summed E-state index contributed by atoms with van der Waals surface area (Å²) in [7, 11) is 0. The van der Waals surface area contributed by atoms with E-state index in [1.807, 2.05) is 55.5 Å². The van der Waals surface area contributed by atoms with Gasteiger partial charge in [0.25, 0.3) is 5.91 Å². The smallest absolute Gasteiger partial charge is 0.251 e. The Morgan fingerprint density at radius 1 is 1.29 bits per heavy atom. The Morgan fingerprint density at radius 3 is 3.08 bits per heavy atom. The number of nitrogens with one attached hydrogen (secondary N) is 1. The van der Waals surface area contributed by atoms with Crippen molar-refractivity contribution in [1.82, 2.24) is 10.3 Å². The number of allylic oxidation sites excluding steroid dienone is 1. The molecular weight excluding hydrogens is 320 g/mol. The molecule has 1 N–H and O–H groups in total. The molecule has 0 bridgehead atoms. The molecule has 3 rings (SSSR count). The number of benzene rings is 2. The number of thiazole rings is 1. The van der Waals surface area contributed by atoms with Crippen molar-refractivity contribution in [1.29, 1.82) is 0 Å². The highest BCUT2D eigenvalue weighted by molar-refractivity contribution is 7.16. The first-order valence-corrected chi connectivity index (χ1v) is 8.58. The first kappa shape index (κ1) is 16.2. The van der Waals surface area contributed by atoms with Crippen LogP contribution in [0.1, 0.15) is 22.8 Å². The van der Waals surface area contributed by atoms with Gasteiger partial charge < -0.3 is 10.1 Å². The Labute approximate surface area is 144 Å². The molecule has 3 aromatic rings. The van der Waals surface area contributed by atoms with Crippen LogP contribution in [0.3, 0.4) is 0 Å². The lowest BCUT2D eigenvalue weighted by Crippen LogP contribution is -2.22. The molecule has 2 aromatic carbocycles. The molecule has 0 atom stereocenters. The maximum absolute atomic E-state index is 12.3. The average Bonchev–Trinajstić information content (AvgIpc) is 3.08. The summed E-state index contributed by atoms with van der Waals surface area (Å²) in [6, 6.07) is 13.3. The first-order chi connectivity index (χ1) is 11.8. The van der Waals surface area contributed by atoms with Gasteiger partial charge in [0.1, 0.15) is 12.4 Å². The lowest BCUT2D eigenvalue weighted by molar-refractivity contribution is 0.0951. The van der Waals surface area contributed by atoms with Crippen LogP contribution in [0.25, 0.3) is 10.2 Å². The number of carbonyl (C=O) groups excluding carboxylic acids is 1. The summed E-state index contributed by atoms with van der Waals surface area (Å²) in [5.41, 5.74) is 4.35. The molecule has 1 heterocycles. The van der Waals surface area contributed by atoms with Crippen LogP contribution < -0.4 is 10.1 Å². The van der Waals surface area contributed by atoms with Crippen molar-refractivity contribution >= 4 is 27.5 Å². The molecular formula is C19H18N2O2S. The Morgan fingerprint density at radius 2 is 2.21 bits per heavy atom. The Hall–Kier alpha value is -2.66. The monoisotopic (exact) mass is 338 g/mol. The molecule has 4 nitrogen and oxygen atoms in total. The first-order valence-electron chi connectivity index (χ1n) is 7.70. The molecule has 0 radical (unpaired) electrons. The van der Waals surface area contributed by atoms with E-state index in [0.29, 0.717) is 18.7 Å². The number of hydrogen-bond donors (Lipinski definition) is 1. The van der Waals surface area contributed by atoms with Gasteiger partial charge in [-0.25, -0.2) is 4.98 Å². The van der Waals surface area contributed by atoms with E-state index in [0.717, 1.165) is 21.5 Å². The second kappa shape index (κ2) is 7.75. The van der Waals surface area contributed by atoms with Gasteiger partial charge in [-0.15, -0.1) is 11.3 Å². The van der Waals surface area contributed by atoms with Crippen molar-refractivity contribution in [2.75, 3.05) is 6.61 Å². The summed E-state index contributed by atoms with van der Waals surface area (Å²) in [4.78, 5) is 16.5. The predicted molar refractivity (Wildman–Crippen MR) is 97.5 cm³/mol. The minimum Gasteiger partial charge on any atom is -0.490 e. The molecule has 0 aliphatic rings. The molecule has 24 heavy (non-hydrogen) atoms. The summed E-state index contributed by atoms with van der Waals surface area (Å²) in [6.07, 6.45) is 3.90. The van der Waals surface area contributed by atoms with Gasteiger partial charge in [0, 0.05) is 12.1 Å². The summed E-state index contributed by atoms with van der Waals surface area (Å²) >= 11 is 1.53. The Kier molecular flexibility index (Phi) is 5.23. The third-order valence-corrected chi connectivity index (χ3v) is 4.32. The van der Waals surface area contributed by atoms with Gasteiger partial charge in [0.2, 0.25) is 0 Å². The van der Waals surface area contributed by atoms with Crippen molar-refractivity contribution in [3.05, 3.63) is 71.3 Å². The van der Waals surface area contributed by atoms with Gasteiger partial charge in [-0.1, -0.05) is 24.3 Å². The Bertz CT molecular complexity index is 870. The summed E-state index contributed by atoms with van der Waals surface area (Å²) in [5, 5.41) is 2.94. The van der Waals surface area contributed by atoms with Gasteiger partial charge in [-0.05, 0) is 42.8 Å². The van der Waals surface area contributed by atoms with E-state index < -0.39 is 0 Å². The van der Waals surface area contributed by atoms with E-state index >= 15 is 0 Å². The van der Waals surface area contributed by atoms with Crippen molar-refractivity contribution in [2.24, 2.45) is 0 Å². The van der Waals surface area contributed by atoms with Crippen LogP contribution in [0.15, 0.2) is 60.1 Å². The van der Waals surface area contributed by atoms with E-state index in [1.54, 1.807) is 11.6 Å². The number of ether oxygens (including phenoxy) is 1. The number of aromatic nitrogens is 1. The van der Waals surface area contributed by atoms with Crippen molar-refractivity contribution < 1.29 is 9.53 Å². The normalized spacial score (nSPS) is 11.0. The largest absolute Gasteiger partial charge is 0.490 e. The highest BCUT2D eigenvalue weighted by Gasteiger charge is 2.07. The van der Waals surface area contributed by atoms with Gasteiger partial charge in [0.05, 0.1) is 15.7 Å². The number of fused-ring (bicyclic) bond motifs is 1. The van der Waals surface area contributed by atoms with E-state index in [9.17, 15) is 4.79 Å². The molecule has 1 amide bonds. The summed E-state index contributed by atoms with van der Waals surface area (Å²) in [5.74, 6) is 0.705. The fourth-order valence-corrected chi connectivity index (χ4v) is 2.98. The Balaban J connectivity index is 1.62. The number of amides is 1. The zero-order valence-corrected chi connectivity index (χ0v) is 14.2. The predicted octanol–water partition coefficient (Wildman–Crippen LogP) is 4.18. The van der Waals surface area contributed by atoms with E-state index in [-0.39, 0.29) is 5.91 Å². The van der Waals surface area contributed by atoms with Gasteiger partial charge in [0.15, 0.2) is 0 Å². The zero-order valence-electron chi connectivity index (χ0n) is 13.4. The number of nitrogens with zero attached hydrogens (tertiary/aromatic N) is 1. The van der Waals surface area contributed by atoms with E-state index in [4.69, 9.17) is 4.74 Å². The molecule has 0 fully saturated rings. The fourth-order valence-electron chi connectivity index (χ4n) is 2.27. The summed E-state index contributed by atoms with van der Waals surface area (Å²) < 4.78 is 6.63. The molecule has 0 saturated heterocycles. The molecule has 0 aliphatic carbocycles. The van der Waals surface area contributed by atoms with Crippen LogP contribution in [-0.2, 0) is 6.54 Å². The maximum Gasteiger partial charge on any atom is 0.251 e. The standard InChI is InChI=1S/C19H18N2O2S/c1-2-3-9-23-16-6-4-5-14(10-16)12-20-19(22)15-7-8-17-18(11-15)24-13-21-17/h2-8,10-11,13H,9,12H2,1H3,(H,20,22). The van der Waals surface area contributed by atoms with Crippen LogP contribution in [0.2, 0.25) is 0 Å². The summed E-state index contributed by atoms with van der Waals surface area (Å²) in [6.45, 7) is 2.96.